The van der Waals surface area contributed by atoms with Crippen LogP contribution in [-0.2, 0) is 10.2 Å². The van der Waals surface area contributed by atoms with E-state index in [1.165, 1.54) is 8.61 Å². The monoisotopic (exact) mass is 313 g/mol. The zero-order valence-electron chi connectivity index (χ0n) is 12.1. The molecule has 1 aromatic carbocycles. The van der Waals surface area contributed by atoms with Crippen molar-refractivity contribution in [2.24, 2.45) is 0 Å². The Hall–Kier alpha value is -1.31. The SMILES string of the molecule is Nc1ccccc1N(CCO)S(=O)(=O)N1CCCCCC1. The number of nitrogens with two attached hydrogens (primary N) is 1. The maximum Gasteiger partial charge on any atom is 0.304 e. The van der Waals surface area contributed by atoms with Gasteiger partial charge < -0.3 is 10.8 Å². The molecule has 6 nitrogen and oxygen atoms in total. The molecular weight excluding hydrogens is 290 g/mol. The Morgan fingerprint density at radius 1 is 1.14 bits per heavy atom. The molecule has 0 spiro atoms. The van der Waals surface area contributed by atoms with E-state index in [0.29, 0.717) is 24.5 Å². The molecule has 0 radical (unpaired) electrons. The summed E-state index contributed by atoms with van der Waals surface area (Å²) in [6.07, 6.45) is 3.85. The molecule has 1 saturated heterocycles. The fourth-order valence-electron chi connectivity index (χ4n) is 2.58. The largest absolute Gasteiger partial charge is 0.397 e. The minimum absolute atomic E-state index is 0.00699. The highest BCUT2D eigenvalue weighted by atomic mass is 32.2. The number of benzene rings is 1. The van der Waals surface area contributed by atoms with Crippen LogP contribution in [-0.4, -0.2) is 44.1 Å². The van der Waals surface area contributed by atoms with Crippen LogP contribution in [0.15, 0.2) is 24.3 Å². The van der Waals surface area contributed by atoms with Gasteiger partial charge in [-0.3, -0.25) is 4.31 Å². The maximum atomic E-state index is 12.9. The molecule has 0 bridgehead atoms. The highest BCUT2D eigenvalue weighted by molar-refractivity contribution is 7.90. The molecule has 21 heavy (non-hydrogen) atoms. The standard InChI is InChI=1S/C14H23N3O3S/c15-13-7-3-4-8-14(13)17(11-12-18)21(19,20)16-9-5-1-2-6-10-16/h3-4,7-8,18H,1-2,5-6,9-12,15H2. The first-order chi connectivity index (χ1) is 10.1. The number of para-hydroxylation sites is 2. The van der Waals surface area contributed by atoms with Crippen LogP contribution in [0.1, 0.15) is 25.7 Å². The van der Waals surface area contributed by atoms with E-state index in [9.17, 15) is 13.5 Å². The first kappa shape index (κ1) is 16.1. The summed E-state index contributed by atoms with van der Waals surface area (Å²) in [5.41, 5.74) is 6.72. The highest BCUT2D eigenvalue weighted by Crippen LogP contribution is 2.27. The molecule has 3 N–H and O–H groups in total. The second kappa shape index (κ2) is 7.11. The van der Waals surface area contributed by atoms with Crippen molar-refractivity contribution in [2.75, 3.05) is 36.3 Å². The van der Waals surface area contributed by atoms with Crippen LogP contribution in [0.4, 0.5) is 11.4 Å². The number of aliphatic hydroxyl groups excluding tert-OH is 1. The van der Waals surface area contributed by atoms with Crippen molar-refractivity contribution in [3.05, 3.63) is 24.3 Å². The molecule has 0 aliphatic carbocycles. The van der Waals surface area contributed by atoms with E-state index in [1.807, 2.05) is 0 Å². The summed E-state index contributed by atoms with van der Waals surface area (Å²) in [4.78, 5) is 0. The minimum atomic E-state index is -3.66. The van der Waals surface area contributed by atoms with Crippen LogP contribution < -0.4 is 10.0 Å². The Kier molecular flexibility index (Phi) is 5.44. The summed E-state index contributed by atoms with van der Waals surface area (Å²) < 4.78 is 28.5. The number of hydrogen-bond donors (Lipinski definition) is 2. The van der Waals surface area contributed by atoms with Gasteiger partial charge in [0, 0.05) is 13.1 Å². The third kappa shape index (κ3) is 3.66. The van der Waals surface area contributed by atoms with Gasteiger partial charge in [-0.05, 0) is 25.0 Å². The van der Waals surface area contributed by atoms with Gasteiger partial charge in [0.05, 0.1) is 24.5 Å². The molecule has 0 amide bonds. The number of nitrogens with zero attached hydrogens (tertiary/aromatic N) is 2. The van der Waals surface area contributed by atoms with Gasteiger partial charge in [0.1, 0.15) is 0 Å². The Balaban J connectivity index is 2.34. The Labute approximate surface area is 126 Å². The van der Waals surface area contributed by atoms with Crippen LogP contribution in [0, 0.1) is 0 Å². The van der Waals surface area contributed by atoms with Crippen molar-refractivity contribution >= 4 is 21.6 Å². The van der Waals surface area contributed by atoms with Gasteiger partial charge in [-0.2, -0.15) is 12.7 Å². The van der Waals surface area contributed by atoms with Crippen molar-refractivity contribution in [3.8, 4) is 0 Å². The third-order valence-electron chi connectivity index (χ3n) is 3.68. The molecule has 7 heteroatoms. The van der Waals surface area contributed by atoms with Gasteiger partial charge in [-0.15, -0.1) is 0 Å². The minimum Gasteiger partial charge on any atom is -0.397 e. The highest BCUT2D eigenvalue weighted by Gasteiger charge is 2.30. The molecule has 118 valence electrons. The summed E-state index contributed by atoms with van der Waals surface area (Å²) in [6, 6.07) is 6.83. The van der Waals surface area contributed by atoms with E-state index in [1.54, 1.807) is 24.3 Å². The van der Waals surface area contributed by atoms with Crippen molar-refractivity contribution in [3.63, 3.8) is 0 Å². The van der Waals surface area contributed by atoms with Crippen molar-refractivity contribution in [2.45, 2.75) is 25.7 Å². The van der Waals surface area contributed by atoms with Gasteiger partial charge in [0.25, 0.3) is 0 Å². The molecular formula is C14H23N3O3S. The molecule has 1 aromatic rings. The Morgan fingerprint density at radius 2 is 1.76 bits per heavy atom. The topological polar surface area (TPSA) is 86.9 Å². The molecule has 0 atom stereocenters. The van der Waals surface area contributed by atoms with Crippen molar-refractivity contribution in [1.82, 2.24) is 4.31 Å². The Bertz CT molecular complexity index is 554. The molecule has 1 aliphatic rings. The van der Waals surface area contributed by atoms with E-state index < -0.39 is 10.2 Å². The van der Waals surface area contributed by atoms with Gasteiger partial charge in [0.2, 0.25) is 0 Å². The van der Waals surface area contributed by atoms with E-state index in [-0.39, 0.29) is 13.2 Å². The smallest absolute Gasteiger partial charge is 0.304 e. The summed E-state index contributed by atoms with van der Waals surface area (Å²) in [6.45, 7) is 0.808. The molecule has 0 saturated carbocycles. The fourth-order valence-corrected chi connectivity index (χ4v) is 4.30. The van der Waals surface area contributed by atoms with Crippen molar-refractivity contribution in [1.29, 1.82) is 0 Å². The van der Waals surface area contributed by atoms with E-state index in [4.69, 9.17) is 5.73 Å². The average molecular weight is 313 g/mol. The number of rotatable bonds is 5. The van der Waals surface area contributed by atoms with Gasteiger partial charge >= 0.3 is 10.2 Å². The number of aliphatic hydroxyl groups is 1. The number of hydrogen-bond acceptors (Lipinski definition) is 4. The molecule has 1 fully saturated rings. The zero-order chi connectivity index (χ0) is 15.3. The van der Waals surface area contributed by atoms with Gasteiger partial charge in [0.15, 0.2) is 0 Å². The second-order valence-electron chi connectivity index (χ2n) is 5.18. The average Bonchev–Trinajstić information content (AvgIpc) is 2.75. The quantitative estimate of drug-likeness (QED) is 0.799. The zero-order valence-corrected chi connectivity index (χ0v) is 12.9. The fraction of sp³-hybridized carbons (Fsp3) is 0.571. The lowest BCUT2D eigenvalue weighted by molar-refractivity contribution is 0.305. The normalized spacial score (nSPS) is 17.4. The molecule has 0 unspecified atom stereocenters. The van der Waals surface area contributed by atoms with Crippen LogP contribution in [0.25, 0.3) is 0 Å². The van der Waals surface area contributed by atoms with E-state index in [2.05, 4.69) is 0 Å². The molecule has 2 rings (SSSR count). The molecule has 1 aliphatic heterocycles. The summed E-state index contributed by atoms with van der Waals surface area (Å²) >= 11 is 0. The van der Waals surface area contributed by atoms with Crippen LogP contribution in [0.2, 0.25) is 0 Å². The first-order valence-corrected chi connectivity index (χ1v) is 8.70. The second-order valence-corrected chi connectivity index (χ2v) is 7.03. The lowest BCUT2D eigenvalue weighted by Gasteiger charge is -2.31. The van der Waals surface area contributed by atoms with Crippen molar-refractivity contribution < 1.29 is 13.5 Å². The summed E-state index contributed by atoms with van der Waals surface area (Å²) in [5.74, 6) is 0. The van der Waals surface area contributed by atoms with Gasteiger partial charge in [-0.1, -0.05) is 25.0 Å². The van der Waals surface area contributed by atoms with Crippen LogP contribution in [0.5, 0.6) is 0 Å². The number of nitrogen functional groups attached to an aromatic ring is 1. The van der Waals surface area contributed by atoms with E-state index >= 15 is 0 Å². The Morgan fingerprint density at radius 3 is 2.33 bits per heavy atom. The maximum absolute atomic E-state index is 12.9. The molecule has 1 heterocycles. The predicted octanol–water partition coefficient (Wildman–Crippen LogP) is 1.19. The van der Waals surface area contributed by atoms with E-state index in [0.717, 1.165) is 25.7 Å². The van der Waals surface area contributed by atoms with Crippen LogP contribution >= 0.6 is 0 Å². The predicted molar refractivity (Wildman–Crippen MR) is 84.2 cm³/mol. The first-order valence-electron chi connectivity index (χ1n) is 7.30. The third-order valence-corrected chi connectivity index (χ3v) is 5.63. The summed E-state index contributed by atoms with van der Waals surface area (Å²) in [7, 11) is -3.66. The lowest BCUT2D eigenvalue weighted by Crippen LogP contribution is -2.45. The number of anilines is 2. The summed E-state index contributed by atoms with van der Waals surface area (Å²) in [5, 5.41) is 9.24. The molecule has 0 aromatic heterocycles. The lowest BCUT2D eigenvalue weighted by atomic mass is 10.2. The van der Waals surface area contributed by atoms with Crippen LogP contribution in [0.3, 0.4) is 0 Å². The van der Waals surface area contributed by atoms with Gasteiger partial charge in [-0.25, -0.2) is 0 Å².